The smallest absolute Gasteiger partial charge is 0.405 e. The van der Waals surface area contributed by atoms with Crippen molar-refractivity contribution >= 4 is 0 Å². The van der Waals surface area contributed by atoms with Crippen molar-refractivity contribution < 1.29 is 17.9 Å². The van der Waals surface area contributed by atoms with Crippen molar-refractivity contribution in [3.63, 3.8) is 0 Å². The lowest BCUT2D eigenvalue weighted by Gasteiger charge is -2.16. The van der Waals surface area contributed by atoms with Crippen molar-refractivity contribution in [3.05, 3.63) is 29.8 Å². The number of nitrogens with one attached hydrogen (secondary N) is 1. The SMILES string of the molecule is CCCC(C)NCc1ccccc1OC(F)(F)F. The van der Waals surface area contributed by atoms with Gasteiger partial charge in [0, 0.05) is 18.2 Å². The van der Waals surface area contributed by atoms with E-state index < -0.39 is 6.36 Å². The number of halogens is 3. The molecule has 18 heavy (non-hydrogen) atoms. The van der Waals surface area contributed by atoms with Gasteiger partial charge in [-0.3, -0.25) is 0 Å². The van der Waals surface area contributed by atoms with Gasteiger partial charge < -0.3 is 10.1 Å². The van der Waals surface area contributed by atoms with Gasteiger partial charge in [-0.05, 0) is 19.4 Å². The first-order chi connectivity index (χ1) is 8.42. The van der Waals surface area contributed by atoms with Crippen LogP contribution < -0.4 is 10.1 Å². The van der Waals surface area contributed by atoms with Gasteiger partial charge in [-0.1, -0.05) is 31.5 Å². The van der Waals surface area contributed by atoms with Crippen LogP contribution in [0.2, 0.25) is 0 Å². The summed E-state index contributed by atoms with van der Waals surface area (Å²) in [6.45, 7) is 4.45. The van der Waals surface area contributed by atoms with Crippen molar-refractivity contribution in [1.82, 2.24) is 5.32 Å². The first-order valence-corrected chi connectivity index (χ1v) is 5.99. The molecule has 0 radical (unpaired) electrons. The van der Waals surface area contributed by atoms with Gasteiger partial charge in [-0.2, -0.15) is 0 Å². The predicted molar refractivity (Wildman–Crippen MR) is 64.3 cm³/mol. The molecule has 0 amide bonds. The standard InChI is InChI=1S/C13H18F3NO/c1-3-6-10(2)17-9-11-7-4-5-8-12(11)18-13(14,15)16/h4-5,7-8,10,17H,3,6,9H2,1-2H3. The summed E-state index contributed by atoms with van der Waals surface area (Å²) in [6.07, 6.45) is -2.62. The molecule has 0 heterocycles. The Balaban J connectivity index is 2.65. The van der Waals surface area contributed by atoms with Crippen molar-refractivity contribution in [2.75, 3.05) is 0 Å². The zero-order valence-corrected chi connectivity index (χ0v) is 10.6. The number of hydrogen-bond donors (Lipinski definition) is 1. The van der Waals surface area contributed by atoms with Gasteiger partial charge in [0.25, 0.3) is 0 Å². The van der Waals surface area contributed by atoms with Crippen LogP contribution in [-0.4, -0.2) is 12.4 Å². The highest BCUT2D eigenvalue weighted by Gasteiger charge is 2.31. The maximum absolute atomic E-state index is 12.2. The van der Waals surface area contributed by atoms with E-state index in [-0.39, 0.29) is 11.8 Å². The Morgan fingerprint density at radius 2 is 1.94 bits per heavy atom. The lowest BCUT2D eigenvalue weighted by atomic mass is 10.1. The van der Waals surface area contributed by atoms with Crippen LogP contribution in [0.15, 0.2) is 24.3 Å². The van der Waals surface area contributed by atoms with Gasteiger partial charge in [0.15, 0.2) is 0 Å². The van der Waals surface area contributed by atoms with E-state index >= 15 is 0 Å². The minimum atomic E-state index is -4.65. The Labute approximate surface area is 105 Å². The van der Waals surface area contributed by atoms with E-state index in [1.165, 1.54) is 12.1 Å². The Morgan fingerprint density at radius 1 is 1.28 bits per heavy atom. The molecule has 0 saturated carbocycles. The Kier molecular flexibility index (Phi) is 5.47. The lowest BCUT2D eigenvalue weighted by Crippen LogP contribution is -2.26. The molecule has 0 bridgehead atoms. The molecule has 0 spiro atoms. The molecule has 1 rings (SSSR count). The molecule has 1 atom stereocenters. The highest BCUT2D eigenvalue weighted by molar-refractivity contribution is 5.33. The molecule has 0 aromatic heterocycles. The van der Waals surface area contributed by atoms with Crippen LogP contribution in [0.25, 0.3) is 0 Å². The Hall–Kier alpha value is -1.23. The van der Waals surface area contributed by atoms with E-state index in [1.54, 1.807) is 12.1 Å². The summed E-state index contributed by atoms with van der Waals surface area (Å²) < 4.78 is 40.6. The number of ether oxygens (including phenoxy) is 1. The fraction of sp³-hybridized carbons (Fsp3) is 0.538. The minimum Gasteiger partial charge on any atom is -0.405 e. The van der Waals surface area contributed by atoms with Gasteiger partial charge >= 0.3 is 6.36 Å². The van der Waals surface area contributed by atoms with E-state index in [2.05, 4.69) is 17.0 Å². The van der Waals surface area contributed by atoms with E-state index in [4.69, 9.17) is 0 Å². The highest BCUT2D eigenvalue weighted by Crippen LogP contribution is 2.26. The van der Waals surface area contributed by atoms with Crippen LogP contribution in [0, 0.1) is 0 Å². The van der Waals surface area contributed by atoms with Crippen LogP contribution in [0.5, 0.6) is 5.75 Å². The number of benzene rings is 1. The van der Waals surface area contributed by atoms with Crippen LogP contribution in [0.3, 0.4) is 0 Å². The maximum atomic E-state index is 12.2. The molecule has 0 aliphatic carbocycles. The zero-order valence-electron chi connectivity index (χ0n) is 10.6. The Bertz CT molecular complexity index is 365. The number of rotatable bonds is 6. The average Bonchev–Trinajstić information content (AvgIpc) is 2.26. The summed E-state index contributed by atoms with van der Waals surface area (Å²) in [5.41, 5.74) is 0.512. The monoisotopic (exact) mass is 261 g/mol. The van der Waals surface area contributed by atoms with Gasteiger partial charge in [0.05, 0.1) is 0 Å². The second-order valence-electron chi connectivity index (χ2n) is 4.23. The van der Waals surface area contributed by atoms with Crippen LogP contribution >= 0.6 is 0 Å². The summed E-state index contributed by atoms with van der Waals surface area (Å²) in [5, 5.41) is 3.18. The normalized spacial score (nSPS) is 13.4. The summed E-state index contributed by atoms with van der Waals surface area (Å²) in [4.78, 5) is 0. The number of para-hydroxylation sites is 1. The van der Waals surface area contributed by atoms with E-state index in [0.717, 1.165) is 12.8 Å². The van der Waals surface area contributed by atoms with E-state index in [0.29, 0.717) is 12.1 Å². The molecule has 0 fully saturated rings. The molecule has 0 saturated heterocycles. The van der Waals surface area contributed by atoms with Crippen LogP contribution in [-0.2, 0) is 6.54 Å². The molecular formula is C13H18F3NO. The number of alkyl halides is 3. The summed E-state index contributed by atoms with van der Waals surface area (Å²) in [6, 6.07) is 6.46. The molecular weight excluding hydrogens is 243 g/mol. The molecule has 1 aromatic carbocycles. The molecule has 1 N–H and O–H groups in total. The van der Waals surface area contributed by atoms with Crippen LogP contribution in [0.4, 0.5) is 13.2 Å². The van der Waals surface area contributed by atoms with Gasteiger partial charge in [-0.15, -0.1) is 13.2 Å². The molecule has 5 heteroatoms. The molecule has 102 valence electrons. The van der Waals surface area contributed by atoms with Gasteiger partial charge in [-0.25, -0.2) is 0 Å². The molecule has 0 aliphatic rings. The summed E-state index contributed by atoms with van der Waals surface area (Å²) in [5.74, 6) is -0.138. The lowest BCUT2D eigenvalue weighted by molar-refractivity contribution is -0.274. The Morgan fingerprint density at radius 3 is 2.56 bits per heavy atom. The summed E-state index contributed by atoms with van der Waals surface area (Å²) in [7, 11) is 0. The van der Waals surface area contributed by atoms with Crippen molar-refractivity contribution in [2.24, 2.45) is 0 Å². The largest absolute Gasteiger partial charge is 0.573 e. The van der Waals surface area contributed by atoms with Crippen molar-refractivity contribution in [3.8, 4) is 5.75 Å². The second kappa shape index (κ2) is 6.64. The first kappa shape index (κ1) is 14.8. The highest BCUT2D eigenvalue weighted by atomic mass is 19.4. The first-order valence-electron chi connectivity index (χ1n) is 5.99. The third kappa shape index (κ3) is 5.40. The topological polar surface area (TPSA) is 21.3 Å². The van der Waals surface area contributed by atoms with Crippen molar-refractivity contribution in [2.45, 2.75) is 45.6 Å². The zero-order chi connectivity index (χ0) is 13.6. The quantitative estimate of drug-likeness (QED) is 0.839. The average molecular weight is 261 g/mol. The fourth-order valence-corrected chi connectivity index (χ4v) is 1.69. The van der Waals surface area contributed by atoms with Crippen molar-refractivity contribution in [1.29, 1.82) is 0 Å². The second-order valence-corrected chi connectivity index (χ2v) is 4.23. The molecule has 0 aliphatic heterocycles. The molecule has 2 nitrogen and oxygen atoms in total. The summed E-state index contributed by atoms with van der Waals surface area (Å²) >= 11 is 0. The molecule has 1 aromatic rings. The van der Waals surface area contributed by atoms with E-state index in [1.807, 2.05) is 6.92 Å². The van der Waals surface area contributed by atoms with E-state index in [9.17, 15) is 13.2 Å². The maximum Gasteiger partial charge on any atom is 0.573 e. The third-order valence-electron chi connectivity index (χ3n) is 2.56. The number of hydrogen-bond acceptors (Lipinski definition) is 2. The van der Waals surface area contributed by atoms with Gasteiger partial charge in [0.1, 0.15) is 5.75 Å². The van der Waals surface area contributed by atoms with Gasteiger partial charge in [0.2, 0.25) is 0 Å². The predicted octanol–water partition coefficient (Wildman–Crippen LogP) is 3.86. The fourth-order valence-electron chi connectivity index (χ4n) is 1.69. The van der Waals surface area contributed by atoms with Crippen LogP contribution in [0.1, 0.15) is 32.3 Å². The molecule has 1 unspecified atom stereocenters. The minimum absolute atomic E-state index is 0.138. The third-order valence-corrected chi connectivity index (χ3v) is 2.56.